The second kappa shape index (κ2) is 5.27. The van der Waals surface area contributed by atoms with Crippen molar-refractivity contribution in [3.8, 4) is 11.5 Å². The van der Waals surface area contributed by atoms with Gasteiger partial charge in [-0.15, -0.1) is 0 Å². The fraction of sp³-hybridized carbons (Fsp3) is 0.538. The van der Waals surface area contributed by atoms with Crippen LogP contribution in [0.15, 0.2) is 10.5 Å². The van der Waals surface area contributed by atoms with Crippen LogP contribution in [0.2, 0.25) is 0 Å². The smallest absolute Gasteiger partial charge is 0.175 e. The van der Waals surface area contributed by atoms with Crippen molar-refractivity contribution in [1.29, 1.82) is 0 Å². The summed E-state index contributed by atoms with van der Waals surface area (Å²) < 4.78 is 12.4. The van der Waals surface area contributed by atoms with E-state index in [9.17, 15) is 0 Å². The number of halogens is 1. The van der Waals surface area contributed by atoms with E-state index in [-0.39, 0.29) is 0 Å². The van der Waals surface area contributed by atoms with Crippen LogP contribution >= 0.6 is 15.9 Å². The minimum Gasteiger partial charge on any atom is -0.486 e. The molecule has 17 heavy (non-hydrogen) atoms. The maximum atomic E-state index is 5.77. The van der Waals surface area contributed by atoms with E-state index in [1.54, 1.807) is 0 Å². The number of rotatable bonds is 3. The molecule has 0 saturated carbocycles. The van der Waals surface area contributed by atoms with Crippen molar-refractivity contribution in [2.75, 3.05) is 19.8 Å². The van der Waals surface area contributed by atoms with Gasteiger partial charge in [0, 0.05) is 5.56 Å². The SMILES string of the molecule is CCc1c(C(C)CN)cc(Br)c2c1OCCO2. The molecule has 0 radical (unpaired) electrons. The molecule has 1 aromatic rings. The highest BCUT2D eigenvalue weighted by Crippen LogP contribution is 2.44. The summed E-state index contributed by atoms with van der Waals surface area (Å²) in [6, 6.07) is 2.11. The lowest BCUT2D eigenvalue weighted by Crippen LogP contribution is -2.19. The molecule has 1 aliphatic rings. The summed E-state index contributed by atoms with van der Waals surface area (Å²) in [5.41, 5.74) is 8.25. The molecule has 0 aromatic heterocycles. The molecule has 1 heterocycles. The number of nitrogens with two attached hydrogens (primary N) is 1. The van der Waals surface area contributed by atoms with E-state index < -0.39 is 0 Å². The minimum absolute atomic E-state index is 0.331. The molecule has 1 unspecified atom stereocenters. The summed E-state index contributed by atoms with van der Waals surface area (Å²) >= 11 is 3.55. The topological polar surface area (TPSA) is 44.5 Å². The fourth-order valence-electron chi connectivity index (χ4n) is 2.17. The van der Waals surface area contributed by atoms with Crippen molar-refractivity contribution >= 4 is 15.9 Å². The molecule has 0 fully saturated rings. The van der Waals surface area contributed by atoms with Gasteiger partial charge in [0.05, 0.1) is 4.47 Å². The van der Waals surface area contributed by atoms with E-state index in [0.29, 0.717) is 25.7 Å². The van der Waals surface area contributed by atoms with Crippen molar-refractivity contribution in [2.24, 2.45) is 5.73 Å². The highest BCUT2D eigenvalue weighted by Gasteiger charge is 2.23. The standard InChI is InChI=1S/C13H18BrNO2/c1-3-9-10(8(2)7-15)6-11(14)13-12(9)16-4-5-17-13/h6,8H,3-5,7,15H2,1-2H3. The number of benzene rings is 1. The molecule has 3 nitrogen and oxygen atoms in total. The maximum absolute atomic E-state index is 5.77. The first-order valence-corrected chi connectivity index (χ1v) is 6.79. The van der Waals surface area contributed by atoms with Gasteiger partial charge in [-0.1, -0.05) is 13.8 Å². The van der Waals surface area contributed by atoms with Gasteiger partial charge in [0.15, 0.2) is 11.5 Å². The molecule has 0 spiro atoms. The van der Waals surface area contributed by atoms with Gasteiger partial charge in [-0.05, 0) is 46.4 Å². The normalized spacial score (nSPS) is 15.8. The molecule has 1 atom stereocenters. The average molecular weight is 300 g/mol. The predicted octanol–water partition coefficient (Wildman–Crippen LogP) is 2.84. The average Bonchev–Trinajstić information content (AvgIpc) is 2.38. The molecule has 94 valence electrons. The van der Waals surface area contributed by atoms with Crippen molar-refractivity contribution in [2.45, 2.75) is 26.2 Å². The Hall–Kier alpha value is -0.740. The largest absolute Gasteiger partial charge is 0.486 e. The van der Waals surface area contributed by atoms with Crippen LogP contribution in [0.4, 0.5) is 0 Å². The van der Waals surface area contributed by atoms with E-state index >= 15 is 0 Å². The second-order valence-electron chi connectivity index (χ2n) is 4.27. The van der Waals surface area contributed by atoms with Crippen LogP contribution in [0.5, 0.6) is 11.5 Å². The first kappa shape index (κ1) is 12.7. The molecule has 0 aliphatic carbocycles. The van der Waals surface area contributed by atoms with Gasteiger partial charge in [-0.2, -0.15) is 0 Å². The third kappa shape index (κ3) is 2.29. The quantitative estimate of drug-likeness (QED) is 0.933. The third-order valence-corrected chi connectivity index (χ3v) is 3.73. The van der Waals surface area contributed by atoms with Crippen LogP contribution in [-0.2, 0) is 6.42 Å². The molecule has 2 rings (SSSR count). The third-order valence-electron chi connectivity index (χ3n) is 3.14. The van der Waals surface area contributed by atoms with Crippen LogP contribution < -0.4 is 15.2 Å². The van der Waals surface area contributed by atoms with E-state index in [2.05, 4.69) is 35.8 Å². The van der Waals surface area contributed by atoms with Crippen molar-refractivity contribution in [3.63, 3.8) is 0 Å². The lowest BCUT2D eigenvalue weighted by molar-refractivity contribution is 0.168. The summed E-state index contributed by atoms with van der Waals surface area (Å²) in [6.45, 7) is 6.14. The van der Waals surface area contributed by atoms with Gasteiger partial charge in [-0.25, -0.2) is 0 Å². The Balaban J connectivity index is 2.57. The molecule has 0 saturated heterocycles. The number of fused-ring (bicyclic) bond motifs is 1. The summed E-state index contributed by atoms with van der Waals surface area (Å²) in [5, 5.41) is 0. The van der Waals surface area contributed by atoms with Crippen molar-refractivity contribution in [3.05, 3.63) is 21.7 Å². The number of hydrogen-bond acceptors (Lipinski definition) is 3. The molecule has 4 heteroatoms. The zero-order valence-corrected chi connectivity index (χ0v) is 11.8. The summed E-state index contributed by atoms with van der Waals surface area (Å²) in [4.78, 5) is 0. The molecular formula is C13H18BrNO2. The Morgan fingerprint density at radius 3 is 2.59 bits per heavy atom. The molecule has 2 N–H and O–H groups in total. The Labute approximate surface area is 110 Å². The van der Waals surface area contributed by atoms with Crippen LogP contribution in [0.25, 0.3) is 0 Å². The zero-order chi connectivity index (χ0) is 12.4. The zero-order valence-electron chi connectivity index (χ0n) is 10.3. The van der Waals surface area contributed by atoms with Gasteiger partial charge >= 0.3 is 0 Å². The highest BCUT2D eigenvalue weighted by molar-refractivity contribution is 9.10. The maximum Gasteiger partial charge on any atom is 0.175 e. The predicted molar refractivity (Wildman–Crippen MR) is 72.0 cm³/mol. The Bertz CT molecular complexity index is 420. The highest BCUT2D eigenvalue weighted by atomic mass is 79.9. The van der Waals surface area contributed by atoms with E-state index in [1.807, 2.05) is 0 Å². The van der Waals surface area contributed by atoms with Gasteiger partial charge in [0.1, 0.15) is 13.2 Å². The van der Waals surface area contributed by atoms with Gasteiger partial charge in [0.25, 0.3) is 0 Å². The molecule has 1 aromatic carbocycles. The van der Waals surface area contributed by atoms with Crippen LogP contribution in [0.1, 0.15) is 30.9 Å². The van der Waals surface area contributed by atoms with Crippen LogP contribution in [0.3, 0.4) is 0 Å². The van der Waals surface area contributed by atoms with E-state index in [0.717, 1.165) is 22.4 Å². The molecular weight excluding hydrogens is 282 g/mol. The van der Waals surface area contributed by atoms with E-state index in [1.165, 1.54) is 11.1 Å². The van der Waals surface area contributed by atoms with Crippen LogP contribution in [0, 0.1) is 0 Å². The summed E-state index contributed by atoms with van der Waals surface area (Å²) in [7, 11) is 0. The van der Waals surface area contributed by atoms with Crippen molar-refractivity contribution < 1.29 is 9.47 Å². The van der Waals surface area contributed by atoms with E-state index in [4.69, 9.17) is 15.2 Å². The lowest BCUT2D eigenvalue weighted by atomic mass is 9.93. The molecule has 1 aliphatic heterocycles. The van der Waals surface area contributed by atoms with Crippen molar-refractivity contribution in [1.82, 2.24) is 0 Å². The fourth-order valence-corrected chi connectivity index (χ4v) is 2.71. The number of hydrogen-bond donors (Lipinski definition) is 1. The second-order valence-corrected chi connectivity index (χ2v) is 5.13. The summed E-state index contributed by atoms with van der Waals surface area (Å²) in [5.74, 6) is 2.06. The Morgan fingerprint density at radius 2 is 2.00 bits per heavy atom. The monoisotopic (exact) mass is 299 g/mol. The lowest BCUT2D eigenvalue weighted by Gasteiger charge is -2.25. The molecule has 0 bridgehead atoms. The Morgan fingerprint density at radius 1 is 1.35 bits per heavy atom. The minimum atomic E-state index is 0.331. The first-order valence-electron chi connectivity index (χ1n) is 6.00. The number of ether oxygens (including phenoxy) is 2. The summed E-state index contributed by atoms with van der Waals surface area (Å²) in [6.07, 6.45) is 0.929. The van der Waals surface area contributed by atoms with Gasteiger partial charge < -0.3 is 15.2 Å². The van der Waals surface area contributed by atoms with Crippen LogP contribution in [-0.4, -0.2) is 19.8 Å². The Kier molecular flexibility index (Phi) is 3.94. The first-order chi connectivity index (χ1) is 8.19. The molecule has 0 amide bonds. The van der Waals surface area contributed by atoms with Gasteiger partial charge in [0.2, 0.25) is 0 Å². The van der Waals surface area contributed by atoms with Gasteiger partial charge in [-0.3, -0.25) is 0 Å².